The first-order valence-corrected chi connectivity index (χ1v) is 27.4. The van der Waals surface area contributed by atoms with E-state index in [9.17, 15) is 94.2 Å². The van der Waals surface area contributed by atoms with Gasteiger partial charge in [-0.2, -0.15) is 0 Å². The highest BCUT2D eigenvalue weighted by molar-refractivity contribution is 6.01. The molecule has 4 aliphatic rings. The van der Waals surface area contributed by atoms with Crippen molar-refractivity contribution in [3.8, 4) is 0 Å². The number of aliphatic hydroxyl groups is 10. The molecule has 468 valence electrons. The highest BCUT2D eigenvalue weighted by Crippen LogP contribution is 2.25. The monoisotopic (exact) mass is 1180 g/mol. The molecule has 14 N–H and O–H groups in total. The fourth-order valence-electron chi connectivity index (χ4n) is 8.86. The van der Waals surface area contributed by atoms with E-state index in [4.69, 9.17) is 33.3 Å². The lowest BCUT2D eigenvalue weighted by Gasteiger charge is -2.39. The lowest BCUT2D eigenvalue weighted by Crippen LogP contribution is -2.59. The summed E-state index contributed by atoms with van der Waals surface area (Å²) in [5, 5.41) is 111. The Kier molecular flexibility index (Phi) is 30.1. The average Bonchev–Trinajstić information content (AvgIpc) is 3.75. The number of hydroxylamine groups is 2. The number of ether oxygens (including phenoxy) is 6. The Labute approximate surface area is 471 Å². The van der Waals surface area contributed by atoms with E-state index in [2.05, 4.69) is 21.3 Å². The van der Waals surface area contributed by atoms with Crippen molar-refractivity contribution in [2.24, 2.45) is 0 Å². The molecule has 0 bridgehead atoms. The van der Waals surface area contributed by atoms with Gasteiger partial charge in [0.1, 0.15) is 66.8 Å². The Morgan fingerprint density at radius 3 is 1.65 bits per heavy atom. The number of Topliss-reactive ketones (excluding diaryl/α,β-unsaturated/α-hetero) is 2. The molecule has 0 aromatic carbocycles. The number of nitrogens with one attached hydrogen (secondary N) is 4. The summed E-state index contributed by atoms with van der Waals surface area (Å²) in [4.78, 5) is 120. The van der Waals surface area contributed by atoms with E-state index in [0.29, 0.717) is 24.3 Å². The number of unbranched alkanes of at least 4 members (excludes halogenated alkanes) is 2. The summed E-state index contributed by atoms with van der Waals surface area (Å²) in [6, 6.07) is -1.11. The maximum absolute atomic E-state index is 13.6. The van der Waals surface area contributed by atoms with Crippen LogP contribution in [-0.4, -0.2) is 278 Å². The van der Waals surface area contributed by atoms with Crippen LogP contribution in [0.2, 0.25) is 0 Å². The van der Waals surface area contributed by atoms with Crippen molar-refractivity contribution < 1.29 is 127 Å². The summed E-state index contributed by atoms with van der Waals surface area (Å²) >= 11 is 0. The molecule has 4 heterocycles. The van der Waals surface area contributed by atoms with Gasteiger partial charge in [-0.15, -0.1) is 5.06 Å². The molecule has 4 rings (SSSR count). The number of carbonyl (C=O) groups is 9. The molecule has 4 saturated heterocycles. The summed E-state index contributed by atoms with van der Waals surface area (Å²) in [5.74, 6) is -5.62. The minimum Gasteiger partial charge on any atom is -0.394 e. The topological polar surface area (TPSA) is 475 Å². The van der Waals surface area contributed by atoms with Gasteiger partial charge in [0.15, 0.2) is 24.7 Å². The third-order valence-electron chi connectivity index (χ3n) is 13.7. The normalized spacial score (nSPS) is 29.7. The second-order valence-electron chi connectivity index (χ2n) is 20.4. The molecule has 4 aliphatic heterocycles. The standard InChI is InChI=1S/C50H82N6O26/c1-26-39(67)42(70)45(73)48(79-26)76-18-7-9-28(58)22-55(23-34(62)52-17-20-78-50-47(75)44(72)41(69)31(25-57)81-50)24-35(63)53-21-33(61)54-29(30(59)11-8-19-77-49-46(74)43(71)40(68)27(2)80-49)10-5-6-16-51-32(60)12-3-4-13-38(66)82-56-36(64)14-15-37(56)65/h26-27,29,31,39-50,57,67-75H,3-25H2,1-2H3,(H,51,60)(H,52,62)(H,53,63)(H,54,61)/t26-,27-,29-,31+,39+,40+,41+,42+,43+,44-,45-,46-,47-,48+,49+,50-/m0/s1. The summed E-state index contributed by atoms with van der Waals surface area (Å²) in [6.07, 6.45) is -20.2. The Hall–Kier alpha value is -4.85. The lowest BCUT2D eigenvalue weighted by atomic mass is 9.99. The second kappa shape index (κ2) is 35.4. The van der Waals surface area contributed by atoms with Gasteiger partial charge in [-0.05, 0) is 58.8 Å². The molecule has 0 unspecified atom stereocenters. The molecule has 0 spiro atoms. The molecule has 0 aliphatic carbocycles. The van der Waals surface area contributed by atoms with Crippen LogP contribution in [0, 0.1) is 0 Å². The molecular weight excluding hydrogens is 1100 g/mol. The number of amides is 6. The van der Waals surface area contributed by atoms with Crippen LogP contribution in [0.15, 0.2) is 0 Å². The zero-order valence-corrected chi connectivity index (χ0v) is 45.9. The van der Waals surface area contributed by atoms with Crippen molar-refractivity contribution >= 4 is 53.0 Å². The van der Waals surface area contributed by atoms with Gasteiger partial charge in [0.05, 0.1) is 70.9 Å². The van der Waals surface area contributed by atoms with E-state index in [1.54, 1.807) is 0 Å². The van der Waals surface area contributed by atoms with Crippen LogP contribution in [0.25, 0.3) is 0 Å². The predicted molar refractivity (Wildman–Crippen MR) is 272 cm³/mol. The van der Waals surface area contributed by atoms with Gasteiger partial charge >= 0.3 is 5.97 Å². The molecule has 4 fully saturated rings. The number of carbonyl (C=O) groups excluding carboxylic acids is 9. The maximum Gasteiger partial charge on any atom is 0.333 e. The van der Waals surface area contributed by atoms with Gasteiger partial charge in [-0.1, -0.05) is 0 Å². The van der Waals surface area contributed by atoms with Crippen molar-refractivity contribution in [3.63, 3.8) is 0 Å². The van der Waals surface area contributed by atoms with Crippen molar-refractivity contribution in [3.05, 3.63) is 0 Å². The van der Waals surface area contributed by atoms with Crippen LogP contribution in [0.5, 0.6) is 0 Å². The minimum atomic E-state index is -1.71. The molecule has 0 radical (unpaired) electrons. The van der Waals surface area contributed by atoms with Crippen LogP contribution in [-0.2, 0) is 76.4 Å². The van der Waals surface area contributed by atoms with Crippen molar-refractivity contribution in [2.75, 3.05) is 65.7 Å². The summed E-state index contributed by atoms with van der Waals surface area (Å²) in [7, 11) is 0. The highest BCUT2D eigenvalue weighted by atomic mass is 16.7. The van der Waals surface area contributed by atoms with Crippen LogP contribution >= 0.6 is 0 Å². The molecule has 16 atom stereocenters. The molecule has 0 aromatic heterocycles. The largest absolute Gasteiger partial charge is 0.394 e. The maximum atomic E-state index is 13.6. The van der Waals surface area contributed by atoms with E-state index in [1.807, 2.05) is 0 Å². The Bertz CT molecular complexity index is 2080. The van der Waals surface area contributed by atoms with Gasteiger partial charge < -0.3 is 106 Å². The lowest BCUT2D eigenvalue weighted by molar-refractivity contribution is -0.300. The number of imide groups is 1. The number of nitrogens with zero attached hydrogens (tertiary/aromatic N) is 2. The molecule has 82 heavy (non-hydrogen) atoms. The number of ketones is 2. The second-order valence-corrected chi connectivity index (χ2v) is 20.4. The summed E-state index contributed by atoms with van der Waals surface area (Å²) in [6.45, 7) is -0.698. The summed E-state index contributed by atoms with van der Waals surface area (Å²) < 4.78 is 32.5. The van der Waals surface area contributed by atoms with E-state index >= 15 is 0 Å². The Morgan fingerprint density at radius 2 is 1.06 bits per heavy atom. The first-order chi connectivity index (χ1) is 38.9. The van der Waals surface area contributed by atoms with E-state index in [-0.39, 0.29) is 103 Å². The third kappa shape index (κ3) is 22.6. The van der Waals surface area contributed by atoms with E-state index in [0.717, 1.165) is 4.90 Å². The van der Waals surface area contributed by atoms with Crippen LogP contribution in [0.3, 0.4) is 0 Å². The van der Waals surface area contributed by atoms with Gasteiger partial charge in [-0.3, -0.25) is 43.3 Å². The van der Waals surface area contributed by atoms with Crippen molar-refractivity contribution in [2.45, 2.75) is 195 Å². The van der Waals surface area contributed by atoms with Crippen LogP contribution < -0.4 is 21.3 Å². The zero-order chi connectivity index (χ0) is 60.6. The minimum absolute atomic E-state index is 0.0457. The van der Waals surface area contributed by atoms with Crippen molar-refractivity contribution in [1.82, 2.24) is 31.2 Å². The van der Waals surface area contributed by atoms with Crippen LogP contribution in [0.4, 0.5) is 0 Å². The molecule has 32 heteroatoms. The van der Waals surface area contributed by atoms with Gasteiger partial charge in [0, 0.05) is 51.6 Å². The van der Waals surface area contributed by atoms with Crippen LogP contribution in [0.1, 0.15) is 97.3 Å². The smallest absolute Gasteiger partial charge is 0.333 e. The number of hydrogen-bond acceptors (Lipinski definition) is 27. The van der Waals surface area contributed by atoms with Crippen molar-refractivity contribution in [1.29, 1.82) is 0 Å². The highest BCUT2D eigenvalue weighted by Gasteiger charge is 2.45. The molecule has 6 amide bonds. The number of hydrogen-bond donors (Lipinski definition) is 14. The Balaban J connectivity index is 1.29. The SMILES string of the molecule is C[C@@H]1O[C@@H](OCCCC(=O)CN(CC(=O)NCCO[C@H]2O[C@H](CO)[C@@H](O)[C@H](O)[C@@H]2O)CC(=O)NCC(=O)N[C@@H](CCCCNC(=O)CCCCC(=O)ON2C(=O)CCC2=O)C(=O)CCCO[C@@H]2O[C@@H](C)[C@@H](O)[C@@H](O)[C@@H]2O)[C@@H](O)[C@H](O)[C@@H]1O. The third-order valence-corrected chi connectivity index (χ3v) is 13.7. The molecule has 0 saturated carbocycles. The van der Waals surface area contributed by atoms with E-state index in [1.165, 1.54) is 13.8 Å². The average molecular weight is 1180 g/mol. The van der Waals surface area contributed by atoms with Gasteiger partial charge in [-0.25, -0.2) is 4.79 Å². The first-order valence-electron chi connectivity index (χ1n) is 27.4. The molecular formula is C50H82N6O26. The fraction of sp³-hybridized carbons (Fsp3) is 0.820. The zero-order valence-electron chi connectivity index (χ0n) is 45.9. The number of aliphatic hydroxyl groups excluding tert-OH is 10. The van der Waals surface area contributed by atoms with E-state index < -0.39 is 178 Å². The molecule has 0 aromatic rings. The quantitative estimate of drug-likeness (QED) is 0.0205. The fourth-order valence-corrected chi connectivity index (χ4v) is 8.86. The van der Waals surface area contributed by atoms with Gasteiger partial charge in [0.2, 0.25) is 23.6 Å². The van der Waals surface area contributed by atoms with Gasteiger partial charge in [0.25, 0.3) is 11.8 Å². The first kappa shape index (κ1) is 69.6. The predicted octanol–water partition coefficient (Wildman–Crippen LogP) is -7.34. The molecule has 32 nitrogen and oxygen atoms in total. The summed E-state index contributed by atoms with van der Waals surface area (Å²) in [5.41, 5.74) is 0. The Morgan fingerprint density at radius 1 is 0.549 bits per heavy atom. The number of rotatable bonds is 36.